The molecule has 0 N–H and O–H groups in total. The molecule has 1 fully saturated rings. The number of rotatable bonds is 5. The lowest BCUT2D eigenvalue weighted by Gasteiger charge is -2.34. The first-order valence-electron chi connectivity index (χ1n) is 9.03. The molecule has 3 aromatic rings. The van der Waals surface area contributed by atoms with E-state index in [1.165, 1.54) is 0 Å². The van der Waals surface area contributed by atoms with Crippen LogP contribution in [0.4, 0.5) is 5.82 Å². The van der Waals surface area contributed by atoms with Gasteiger partial charge in [-0.3, -0.25) is 0 Å². The molecular weight excluding hydrogens is 328 g/mol. The summed E-state index contributed by atoms with van der Waals surface area (Å²) in [5.74, 6) is 1.06. The molecule has 2 aromatic heterocycles. The SMILES string of the molecule is COCC[C@@H]1CN(c2cc(-c3ccccc3)nc3cc(C)nn23)CCO1. The molecule has 136 valence electrons. The van der Waals surface area contributed by atoms with Gasteiger partial charge in [0.15, 0.2) is 5.65 Å². The number of anilines is 1. The number of aromatic nitrogens is 3. The van der Waals surface area contributed by atoms with Crippen LogP contribution in [0.5, 0.6) is 0 Å². The molecule has 3 heterocycles. The van der Waals surface area contributed by atoms with E-state index in [0.717, 1.165) is 47.9 Å². The van der Waals surface area contributed by atoms with Crippen LogP contribution in [-0.4, -0.2) is 54.1 Å². The van der Waals surface area contributed by atoms with Crippen molar-refractivity contribution in [3.05, 3.63) is 48.2 Å². The third kappa shape index (κ3) is 3.43. The van der Waals surface area contributed by atoms with Crippen molar-refractivity contribution >= 4 is 11.5 Å². The lowest BCUT2D eigenvalue weighted by atomic mass is 10.1. The van der Waals surface area contributed by atoms with Gasteiger partial charge in [0, 0.05) is 44.5 Å². The average molecular weight is 352 g/mol. The number of nitrogens with zero attached hydrogens (tertiary/aromatic N) is 4. The summed E-state index contributed by atoms with van der Waals surface area (Å²) >= 11 is 0. The van der Waals surface area contributed by atoms with Crippen LogP contribution < -0.4 is 4.90 Å². The first kappa shape index (κ1) is 17.0. The van der Waals surface area contributed by atoms with Crippen LogP contribution in [-0.2, 0) is 9.47 Å². The zero-order valence-electron chi connectivity index (χ0n) is 15.3. The van der Waals surface area contributed by atoms with Crippen LogP contribution >= 0.6 is 0 Å². The van der Waals surface area contributed by atoms with Crippen LogP contribution in [0.3, 0.4) is 0 Å². The predicted molar refractivity (Wildman–Crippen MR) is 102 cm³/mol. The Labute approximate surface area is 153 Å². The van der Waals surface area contributed by atoms with Crippen molar-refractivity contribution in [3.63, 3.8) is 0 Å². The highest BCUT2D eigenvalue weighted by Crippen LogP contribution is 2.26. The molecule has 0 unspecified atom stereocenters. The molecule has 1 aromatic carbocycles. The Balaban J connectivity index is 1.73. The number of hydrogen-bond donors (Lipinski definition) is 0. The van der Waals surface area contributed by atoms with Crippen molar-refractivity contribution in [3.8, 4) is 11.3 Å². The number of aryl methyl sites for hydroxylation is 1. The monoisotopic (exact) mass is 352 g/mol. The van der Waals surface area contributed by atoms with Gasteiger partial charge in [0.1, 0.15) is 5.82 Å². The van der Waals surface area contributed by atoms with Crippen LogP contribution in [0.1, 0.15) is 12.1 Å². The van der Waals surface area contributed by atoms with E-state index in [1.807, 2.05) is 35.7 Å². The molecule has 0 spiro atoms. The summed E-state index contributed by atoms with van der Waals surface area (Å²) in [6.45, 7) is 5.09. The fraction of sp³-hybridized carbons (Fsp3) is 0.400. The smallest absolute Gasteiger partial charge is 0.158 e. The molecule has 0 aliphatic carbocycles. The quantitative estimate of drug-likeness (QED) is 0.707. The molecule has 0 saturated carbocycles. The second kappa shape index (κ2) is 7.43. The highest BCUT2D eigenvalue weighted by atomic mass is 16.5. The minimum absolute atomic E-state index is 0.170. The van der Waals surface area contributed by atoms with Gasteiger partial charge < -0.3 is 14.4 Å². The van der Waals surface area contributed by atoms with E-state index >= 15 is 0 Å². The molecule has 0 bridgehead atoms. The summed E-state index contributed by atoms with van der Waals surface area (Å²) < 4.78 is 13.1. The minimum Gasteiger partial charge on any atom is -0.385 e. The second-order valence-electron chi connectivity index (χ2n) is 6.64. The fourth-order valence-corrected chi connectivity index (χ4v) is 3.41. The summed E-state index contributed by atoms with van der Waals surface area (Å²) in [5.41, 5.74) is 3.92. The number of hydrogen-bond acceptors (Lipinski definition) is 5. The third-order valence-corrected chi connectivity index (χ3v) is 4.71. The molecule has 0 radical (unpaired) electrons. The molecule has 1 saturated heterocycles. The van der Waals surface area contributed by atoms with Crippen molar-refractivity contribution in [1.82, 2.24) is 14.6 Å². The normalized spacial score (nSPS) is 17.8. The Morgan fingerprint density at radius 3 is 2.88 bits per heavy atom. The highest BCUT2D eigenvalue weighted by molar-refractivity contribution is 5.67. The summed E-state index contributed by atoms with van der Waals surface area (Å²) in [5, 5.41) is 4.66. The third-order valence-electron chi connectivity index (χ3n) is 4.71. The van der Waals surface area contributed by atoms with Crippen molar-refractivity contribution in [2.75, 3.05) is 38.3 Å². The summed E-state index contributed by atoms with van der Waals surface area (Å²) in [7, 11) is 1.73. The number of benzene rings is 1. The van der Waals surface area contributed by atoms with Gasteiger partial charge in [0.25, 0.3) is 0 Å². The van der Waals surface area contributed by atoms with Gasteiger partial charge in [-0.1, -0.05) is 30.3 Å². The van der Waals surface area contributed by atoms with Crippen LogP contribution in [0.15, 0.2) is 42.5 Å². The number of fused-ring (bicyclic) bond motifs is 1. The molecule has 6 heteroatoms. The molecule has 0 amide bonds. The Morgan fingerprint density at radius 2 is 2.08 bits per heavy atom. The van der Waals surface area contributed by atoms with E-state index in [4.69, 9.17) is 14.5 Å². The van der Waals surface area contributed by atoms with Crippen LogP contribution in [0.25, 0.3) is 16.9 Å². The molecular formula is C20H24N4O2. The number of methoxy groups -OCH3 is 1. The largest absolute Gasteiger partial charge is 0.385 e. The van der Waals surface area contributed by atoms with Crippen LogP contribution in [0.2, 0.25) is 0 Å². The predicted octanol–water partition coefficient (Wildman–Crippen LogP) is 2.95. The van der Waals surface area contributed by atoms with E-state index in [1.54, 1.807) is 7.11 Å². The zero-order valence-corrected chi connectivity index (χ0v) is 15.3. The van der Waals surface area contributed by atoms with Gasteiger partial charge in [0.05, 0.1) is 24.1 Å². The molecule has 1 aliphatic heterocycles. The molecule has 1 atom stereocenters. The Kier molecular flexibility index (Phi) is 4.86. The Morgan fingerprint density at radius 1 is 1.23 bits per heavy atom. The van der Waals surface area contributed by atoms with Gasteiger partial charge in [-0.2, -0.15) is 9.61 Å². The van der Waals surface area contributed by atoms with Gasteiger partial charge in [0.2, 0.25) is 0 Å². The first-order valence-corrected chi connectivity index (χ1v) is 9.03. The van der Waals surface area contributed by atoms with Crippen molar-refractivity contribution in [2.45, 2.75) is 19.4 Å². The average Bonchev–Trinajstić information content (AvgIpc) is 3.06. The number of ether oxygens (including phenoxy) is 2. The standard InChI is InChI=1S/C20H24N4O2/c1-15-12-19-21-18(16-6-4-3-5-7-16)13-20(24(19)22-15)23-9-11-26-17(14-23)8-10-25-2/h3-7,12-13,17H,8-11,14H2,1-2H3/t17-/m1/s1. The van der Waals surface area contributed by atoms with Crippen molar-refractivity contribution in [1.29, 1.82) is 0 Å². The number of morpholine rings is 1. The first-order chi connectivity index (χ1) is 12.7. The summed E-state index contributed by atoms with van der Waals surface area (Å²) in [6.07, 6.45) is 1.06. The minimum atomic E-state index is 0.170. The van der Waals surface area contributed by atoms with E-state index in [-0.39, 0.29) is 6.10 Å². The zero-order chi connectivity index (χ0) is 17.9. The Hall–Kier alpha value is -2.44. The summed E-state index contributed by atoms with van der Waals surface area (Å²) in [4.78, 5) is 7.16. The lowest BCUT2D eigenvalue weighted by Crippen LogP contribution is -2.43. The fourth-order valence-electron chi connectivity index (χ4n) is 3.41. The summed E-state index contributed by atoms with van der Waals surface area (Å²) in [6, 6.07) is 14.4. The van der Waals surface area contributed by atoms with Gasteiger partial charge in [-0.25, -0.2) is 4.98 Å². The van der Waals surface area contributed by atoms with E-state index < -0.39 is 0 Å². The van der Waals surface area contributed by atoms with Crippen LogP contribution in [0, 0.1) is 6.92 Å². The van der Waals surface area contributed by atoms with Gasteiger partial charge in [-0.15, -0.1) is 0 Å². The van der Waals surface area contributed by atoms with Crippen molar-refractivity contribution < 1.29 is 9.47 Å². The van der Waals surface area contributed by atoms with Gasteiger partial charge >= 0.3 is 0 Å². The maximum Gasteiger partial charge on any atom is 0.158 e. The second-order valence-corrected chi connectivity index (χ2v) is 6.64. The van der Waals surface area contributed by atoms with E-state index in [2.05, 4.69) is 28.2 Å². The maximum absolute atomic E-state index is 5.90. The van der Waals surface area contributed by atoms with Crippen molar-refractivity contribution in [2.24, 2.45) is 0 Å². The van der Waals surface area contributed by atoms with Gasteiger partial charge in [-0.05, 0) is 13.3 Å². The Bertz CT molecular complexity index is 878. The molecule has 26 heavy (non-hydrogen) atoms. The van der Waals surface area contributed by atoms with E-state index in [9.17, 15) is 0 Å². The maximum atomic E-state index is 5.90. The highest BCUT2D eigenvalue weighted by Gasteiger charge is 2.23. The lowest BCUT2D eigenvalue weighted by molar-refractivity contribution is 0.0188. The molecule has 4 rings (SSSR count). The van der Waals surface area contributed by atoms with E-state index in [0.29, 0.717) is 13.2 Å². The molecule has 1 aliphatic rings. The molecule has 6 nitrogen and oxygen atoms in total. The topological polar surface area (TPSA) is 51.9 Å².